The monoisotopic (exact) mass is 1120 g/mol. The summed E-state index contributed by atoms with van der Waals surface area (Å²) in [6.45, 7) is 5.80. The Kier molecular flexibility index (Phi) is 23.5. The fourth-order valence-electron chi connectivity index (χ4n) is 11.5. The number of hydrogen-bond donors (Lipinski definition) is 0. The van der Waals surface area contributed by atoms with Crippen LogP contribution in [-0.2, 0) is 101 Å². The summed E-state index contributed by atoms with van der Waals surface area (Å²) in [6.07, 6.45) is -2.90. The third-order valence-electron chi connectivity index (χ3n) is 16.1. The van der Waals surface area contributed by atoms with E-state index in [9.17, 15) is 0 Å². The van der Waals surface area contributed by atoms with Crippen molar-refractivity contribution in [3.05, 3.63) is 215 Å². The van der Waals surface area contributed by atoms with Crippen LogP contribution in [0.15, 0.2) is 182 Å². The molecule has 6 aromatic carbocycles. The molecule has 14 atom stereocenters. The van der Waals surface area contributed by atoms with Gasteiger partial charge in [0.2, 0.25) is 0 Å². The van der Waals surface area contributed by atoms with E-state index in [0.29, 0.717) is 45.9 Å². The number of ether oxygens (including phenoxy) is 13. The molecule has 13 heteroatoms. The van der Waals surface area contributed by atoms with Crippen molar-refractivity contribution in [3.8, 4) is 0 Å². The first-order valence-corrected chi connectivity index (χ1v) is 29.8. The highest BCUT2D eigenvalue weighted by Gasteiger charge is 2.56. The molecular formula is C69H84O13. The van der Waals surface area contributed by atoms with E-state index in [4.69, 9.17) is 61.6 Å². The SMILES string of the molecule is CO[C@H]1O[C@@H]2COCCCCCCCOC[C@H]3O[C@H](O[C@H]1[C@@H](O[C@H]1C[C@H](C)[C@H](OCc4ccccc4)C[C@H]1OCc1ccccc1)[C@@H]2OCc1ccccc1)[C@H](OCc1ccccc1)[C@@H](OCc1ccccc1)[C@H]3OCc1ccccc1. The van der Waals surface area contributed by atoms with Gasteiger partial charge in [0, 0.05) is 26.7 Å². The van der Waals surface area contributed by atoms with Crippen molar-refractivity contribution in [1.29, 1.82) is 0 Å². The molecule has 0 radical (unpaired) electrons. The van der Waals surface area contributed by atoms with E-state index in [1.807, 2.05) is 121 Å². The zero-order valence-corrected chi connectivity index (χ0v) is 47.7. The minimum absolute atomic E-state index is 0.0983. The molecule has 5 aliphatic rings. The smallest absolute Gasteiger partial charge is 0.187 e. The molecule has 13 nitrogen and oxygen atoms in total. The zero-order valence-electron chi connectivity index (χ0n) is 47.7. The highest BCUT2D eigenvalue weighted by Crippen LogP contribution is 2.40. The maximum Gasteiger partial charge on any atom is 0.187 e. The molecule has 1 saturated carbocycles. The molecule has 1 aliphatic carbocycles. The van der Waals surface area contributed by atoms with Gasteiger partial charge in [0.05, 0.1) is 71.2 Å². The third kappa shape index (κ3) is 17.4. The van der Waals surface area contributed by atoms with E-state index in [-0.39, 0.29) is 51.2 Å². The Morgan fingerprint density at radius 2 is 0.744 bits per heavy atom. The van der Waals surface area contributed by atoms with Crippen LogP contribution in [-0.4, -0.2) is 113 Å². The van der Waals surface area contributed by atoms with Gasteiger partial charge in [-0.05, 0) is 58.6 Å². The van der Waals surface area contributed by atoms with Gasteiger partial charge in [-0.15, -0.1) is 0 Å². The van der Waals surface area contributed by atoms with Gasteiger partial charge in [-0.2, -0.15) is 0 Å². The fourth-order valence-corrected chi connectivity index (χ4v) is 11.5. The standard InChI is InChI=1S/C69H84O13/c1-50-40-59(58(74-43-52-28-14-7-15-29-52)41-57(50)73-42-51-26-12-6-13-27-51)79-65-63(76-45-54-32-18-9-19-33-54)61-49-72-39-25-5-3-4-24-38-71-48-60-62(75-44-53-30-16-8-17-31-53)64(77-46-55-34-20-10-21-35-55)66(78-47-56-36-22-11-23-37-56)69(81-60)82-67(65)68(70-2)80-61/h6-23,26-37,50,57-69H,3-5,24-25,38-49H2,1-2H3/t50-,57+,58+,59-,60+,61+,62-,63+,64-,65-,66+,67-,68-,69+/m0/s1. The lowest BCUT2D eigenvalue weighted by atomic mass is 9.83. The zero-order chi connectivity index (χ0) is 56.0. The Labute approximate surface area is 485 Å². The number of rotatable bonds is 21. The van der Waals surface area contributed by atoms with Crippen LogP contribution < -0.4 is 0 Å². The first-order valence-electron chi connectivity index (χ1n) is 29.8. The second-order valence-electron chi connectivity index (χ2n) is 22.1. The Morgan fingerprint density at radius 1 is 0.366 bits per heavy atom. The fraction of sp³-hybridized carbons (Fsp3) is 0.478. The summed E-state index contributed by atoms with van der Waals surface area (Å²) in [4.78, 5) is 0. The van der Waals surface area contributed by atoms with Gasteiger partial charge in [0.15, 0.2) is 12.6 Å². The molecular weight excluding hydrogens is 1040 g/mol. The molecule has 4 bridgehead atoms. The van der Waals surface area contributed by atoms with E-state index in [1.165, 1.54) is 0 Å². The molecule has 4 saturated heterocycles. The number of benzene rings is 6. The summed E-state index contributed by atoms with van der Waals surface area (Å²) in [7, 11) is 1.64. The van der Waals surface area contributed by atoms with Crippen LogP contribution in [0.4, 0.5) is 0 Å². The van der Waals surface area contributed by atoms with Crippen LogP contribution in [0.25, 0.3) is 0 Å². The van der Waals surface area contributed by atoms with Crippen LogP contribution in [0.2, 0.25) is 0 Å². The summed E-state index contributed by atoms with van der Waals surface area (Å²) in [5, 5.41) is 0. The Balaban J connectivity index is 1.04. The molecule has 6 aromatic rings. The molecule has 82 heavy (non-hydrogen) atoms. The van der Waals surface area contributed by atoms with Gasteiger partial charge in [-0.3, -0.25) is 0 Å². The maximum absolute atomic E-state index is 7.76. The van der Waals surface area contributed by atoms with Crippen molar-refractivity contribution in [2.75, 3.05) is 33.5 Å². The molecule has 4 heterocycles. The molecule has 5 fully saturated rings. The summed E-state index contributed by atoms with van der Waals surface area (Å²) in [6, 6.07) is 61.2. The van der Waals surface area contributed by atoms with E-state index in [1.54, 1.807) is 7.11 Å². The van der Waals surface area contributed by atoms with Crippen molar-refractivity contribution in [2.24, 2.45) is 5.92 Å². The van der Waals surface area contributed by atoms with E-state index >= 15 is 0 Å². The minimum Gasteiger partial charge on any atom is -0.379 e. The second-order valence-corrected chi connectivity index (χ2v) is 22.1. The lowest BCUT2D eigenvalue weighted by Crippen LogP contribution is -2.67. The molecule has 4 aliphatic heterocycles. The highest BCUT2D eigenvalue weighted by atomic mass is 16.8. The molecule has 0 N–H and O–H groups in total. The number of methoxy groups -OCH3 is 1. The highest BCUT2D eigenvalue weighted by molar-refractivity contribution is 5.18. The van der Waals surface area contributed by atoms with Crippen LogP contribution >= 0.6 is 0 Å². The van der Waals surface area contributed by atoms with Gasteiger partial charge >= 0.3 is 0 Å². The largest absolute Gasteiger partial charge is 0.379 e. The number of hydrogen-bond acceptors (Lipinski definition) is 13. The number of fused-ring (bicyclic) bond motifs is 12. The van der Waals surface area contributed by atoms with Crippen molar-refractivity contribution < 1.29 is 61.6 Å². The summed E-state index contributed by atoms with van der Waals surface area (Å²) in [5.41, 5.74) is 6.17. The lowest BCUT2D eigenvalue weighted by Gasteiger charge is -2.51. The Bertz CT molecular complexity index is 2660. The first kappa shape index (κ1) is 59.9. The molecule has 11 rings (SSSR count). The Hall–Kier alpha value is -5.20. The second kappa shape index (κ2) is 32.2. The van der Waals surface area contributed by atoms with Crippen molar-refractivity contribution in [2.45, 2.75) is 171 Å². The van der Waals surface area contributed by atoms with Gasteiger partial charge in [-0.1, -0.05) is 208 Å². The van der Waals surface area contributed by atoms with Crippen LogP contribution in [0.1, 0.15) is 85.3 Å². The van der Waals surface area contributed by atoms with E-state index in [2.05, 4.69) is 67.6 Å². The van der Waals surface area contributed by atoms with Crippen molar-refractivity contribution in [1.82, 2.24) is 0 Å². The predicted octanol–water partition coefficient (Wildman–Crippen LogP) is 12.2. The summed E-state index contributed by atoms with van der Waals surface area (Å²) >= 11 is 0. The molecule has 0 amide bonds. The average molecular weight is 1120 g/mol. The summed E-state index contributed by atoms with van der Waals surface area (Å²) < 4.78 is 91.6. The van der Waals surface area contributed by atoms with E-state index in [0.717, 1.165) is 65.5 Å². The van der Waals surface area contributed by atoms with Crippen molar-refractivity contribution >= 4 is 0 Å². The predicted molar refractivity (Wildman–Crippen MR) is 311 cm³/mol. The molecule has 0 spiro atoms. The Morgan fingerprint density at radius 3 is 1.20 bits per heavy atom. The summed E-state index contributed by atoms with van der Waals surface area (Å²) in [5.74, 6) is 0.0988. The topological polar surface area (TPSA) is 120 Å². The molecule has 438 valence electrons. The van der Waals surface area contributed by atoms with Gasteiger partial charge in [0.25, 0.3) is 0 Å². The first-order chi connectivity index (χ1) is 40.5. The maximum atomic E-state index is 7.76. The lowest BCUT2D eigenvalue weighted by molar-refractivity contribution is -0.384. The van der Waals surface area contributed by atoms with Crippen LogP contribution in [0, 0.1) is 5.92 Å². The van der Waals surface area contributed by atoms with Gasteiger partial charge < -0.3 is 61.6 Å². The van der Waals surface area contributed by atoms with E-state index < -0.39 is 67.5 Å². The third-order valence-corrected chi connectivity index (χ3v) is 16.1. The molecule has 0 unspecified atom stereocenters. The average Bonchev–Trinajstić information content (AvgIpc) is 3.72. The van der Waals surface area contributed by atoms with Crippen LogP contribution in [0.5, 0.6) is 0 Å². The normalized spacial score (nSPS) is 29.5. The minimum atomic E-state index is -1.09. The van der Waals surface area contributed by atoms with Gasteiger partial charge in [-0.25, -0.2) is 0 Å². The molecule has 0 aromatic heterocycles. The van der Waals surface area contributed by atoms with Gasteiger partial charge in [0.1, 0.15) is 48.8 Å². The van der Waals surface area contributed by atoms with Crippen molar-refractivity contribution in [3.63, 3.8) is 0 Å². The quantitative estimate of drug-likeness (QED) is 0.0681. The van der Waals surface area contributed by atoms with Crippen LogP contribution in [0.3, 0.4) is 0 Å².